The van der Waals surface area contributed by atoms with E-state index in [1.54, 1.807) is 0 Å². The monoisotopic (exact) mass is 300 g/mol. The Bertz CT molecular complexity index is 371. The summed E-state index contributed by atoms with van der Waals surface area (Å²) in [6.45, 7) is 5.82. The molecule has 0 aliphatic rings. The predicted octanol–water partition coefficient (Wildman–Crippen LogP) is 6.09. The van der Waals surface area contributed by atoms with Gasteiger partial charge in [0.1, 0.15) is 0 Å². The van der Waals surface area contributed by atoms with Crippen molar-refractivity contribution < 1.29 is 26.3 Å². The number of aryl methyl sites for hydroxylation is 1. The molecule has 116 valence electrons. The van der Waals surface area contributed by atoms with Crippen LogP contribution in [0.3, 0.4) is 0 Å². The van der Waals surface area contributed by atoms with Crippen molar-refractivity contribution in [2.45, 2.75) is 52.4 Å². The number of hydrogen-bond donors (Lipinski definition) is 0. The van der Waals surface area contributed by atoms with Crippen LogP contribution in [0.2, 0.25) is 0 Å². The van der Waals surface area contributed by atoms with Crippen LogP contribution in [0, 0.1) is 0 Å². The SMILES string of the molecule is CC.CCCCc1cc(C(F)(F)F)cc(C(F)(F)F)c1. The Morgan fingerprint density at radius 3 is 1.50 bits per heavy atom. The molecule has 0 saturated heterocycles. The molecule has 0 nitrogen and oxygen atoms in total. The van der Waals surface area contributed by atoms with Gasteiger partial charge < -0.3 is 0 Å². The van der Waals surface area contributed by atoms with Crippen LogP contribution in [0.5, 0.6) is 0 Å². The summed E-state index contributed by atoms with van der Waals surface area (Å²) < 4.78 is 74.9. The predicted molar refractivity (Wildman–Crippen MR) is 66.4 cm³/mol. The molecule has 0 aliphatic carbocycles. The molecule has 0 aromatic heterocycles. The molecule has 0 spiro atoms. The summed E-state index contributed by atoms with van der Waals surface area (Å²) in [6.07, 6.45) is -8.05. The van der Waals surface area contributed by atoms with Gasteiger partial charge in [0.2, 0.25) is 0 Å². The summed E-state index contributed by atoms with van der Waals surface area (Å²) >= 11 is 0. The molecular weight excluding hydrogens is 282 g/mol. The van der Waals surface area contributed by atoms with E-state index in [2.05, 4.69) is 0 Å². The lowest BCUT2D eigenvalue weighted by atomic mass is 10.0. The summed E-state index contributed by atoms with van der Waals surface area (Å²) in [5.41, 5.74) is -2.43. The van der Waals surface area contributed by atoms with E-state index >= 15 is 0 Å². The lowest BCUT2D eigenvalue weighted by Crippen LogP contribution is -2.11. The van der Waals surface area contributed by atoms with Crippen molar-refractivity contribution in [3.8, 4) is 0 Å². The van der Waals surface area contributed by atoms with Gasteiger partial charge in [-0.3, -0.25) is 0 Å². The summed E-state index contributed by atoms with van der Waals surface area (Å²) in [7, 11) is 0. The van der Waals surface area contributed by atoms with E-state index < -0.39 is 23.5 Å². The van der Waals surface area contributed by atoms with Gasteiger partial charge in [-0.1, -0.05) is 27.2 Å². The highest BCUT2D eigenvalue weighted by Crippen LogP contribution is 2.36. The standard InChI is InChI=1S/C12H12F6.C2H6/c1-2-3-4-8-5-9(11(13,14)15)7-10(6-8)12(16,17)18;1-2/h5-7H,2-4H2,1H3;1-2H3. The van der Waals surface area contributed by atoms with Gasteiger partial charge in [-0.15, -0.1) is 0 Å². The fourth-order valence-electron chi connectivity index (χ4n) is 1.54. The van der Waals surface area contributed by atoms with Crippen molar-refractivity contribution in [3.05, 3.63) is 34.9 Å². The topological polar surface area (TPSA) is 0 Å². The number of alkyl halides is 6. The third-order valence-electron chi connectivity index (χ3n) is 2.47. The van der Waals surface area contributed by atoms with Crippen LogP contribution in [0.4, 0.5) is 26.3 Å². The first-order valence-electron chi connectivity index (χ1n) is 6.43. The van der Waals surface area contributed by atoms with Crippen LogP contribution >= 0.6 is 0 Å². The molecule has 0 aliphatic heterocycles. The van der Waals surface area contributed by atoms with Crippen molar-refractivity contribution in [2.24, 2.45) is 0 Å². The highest BCUT2D eigenvalue weighted by Gasteiger charge is 2.36. The van der Waals surface area contributed by atoms with Gasteiger partial charge in [0.25, 0.3) is 0 Å². The normalized spacial score (nSPS) is 11.8. The molecule has 0 atom stereocenters. The zero-order valence-corrected chi connectivity index (χ0v) is 11.6. The minimum Gasteiger partial charge on any atom is -0.166 e. The third-order valence-corrected chi connectivity index (χ3v) is 2.47. The Morgan fingerprint density at radius 1 is 0.800 bits per heavy atom. The molecule has 0 fully saturated rings. The molecule has 1 aromatic carbocycles. The number of halogens is 6. The Kier molecular flexibility index (Phi) is 7.09. The number of benzene rings is 1. The second-order valence-corrected chi connectivity index (χ2v) is 4.02. The Hall–Kier alpha value is -1.20. The van der Waals surface area contributed by atoms with Crippen molar-refractivity contribution in [1.82, 2.24) is 0 Å². The molecular formula is C14H18F6. The van der Waals surface area contributed by atoms with E-state index in [4.69, 9.17) is 0 Å². The van der Waals surface area contributed by atoms with Crippen molar-refractivity contribution in [2.75, 3.05) is 0 Å². The minimum atomic E-state index is -4.76. The average molecular weight is 300 g/mol. The van der Waals surface area contributed by atoms with Crippen LogP contribution in [0.1, 0.15) is 50.3 Å². The minimum absolute atomic E-state index is 0.0685. The maximum atomic E-state index is 12.5. The first-order valence-corrected chi connectivity index (χ1v) is 6.43. The molecule has 0 amide bonds. The summed E-state index contributed by atoms with van der Waals surface area (Å²) in [5.74, 6) is 0. The van der Waals surface area contributed by atoms with Crippen LogP contribution in [-0.4, -0.2) is 0 Å². The highest BCUT2D eigenvalue weighted by atomic mass is 19.4. The van der Waals surface area contributed by atoms with Crippen molar-refractivity contribution in [1.29, 1.82) is 0 Å². The van der Waals surface area contributed by atoms with Crippen LogP contribution < -0.4 is 0 Å². The van der Waals surface area contributed by atoms with E-state index in [1.807, 2.05) is 20.8 Å². The fraction of sp³-hybridized carbons (Fsp3) is 0.571. The summed E-state index contributed by atoms with van der Waals surface area (Å²) in [6, 6.07) is 1.71. The number of rotatable bonds is 3. The Balaban J connectivity index is 0.00000172. The highest BCUT2D eigenvalue weighted by molar-refractivity contribution is 5.33. The zero-order chi connectivity index (χ0) is 16.0. The second kappa shape index (κ2) is 7.55. The number of hydrogen-bond acceptors (Lipinski definition) is 0. The van der Waals surface area contributed by atoms with Crippen LogP contribution in [0.15, 0.2) is 18.2 Å². The van der Waals surface area contributed by atoms with Gasteiger partial charge in [0, 0.05) is 0 Å². The molecule has 0 radical (unpaired) electrons. The van der Waals surface area contributed by atoms with E-state index in [1.165, 1.54) is 0 Å². The van der Waals surface area contributed by atoms with Gasteiger partial charge in [0.15, 0.2) is 0 Å². The lowest BCUT2D eigenvalue weighted by Gasteiger charge is -2.14. The van der Waals surface area contributed by atoms with Gasteiger partial charge in [-0.2, -0.15) is 26.3 Å². The molecule has 0 saturated carbocycles. The molecule has 0 N–H and O–H groups in total. The maximum Gasteiger partial charge on any atom is 0.416 e. The van der Waals surface area contributed by atoms with E-state index in [0.717, 1.165) is 12.1 Å². The molecule has 6 heteroatoms. The first kappa shape index (κ1) is 18.8. The summed E-state index contributed by atoms with van der Waals surface area (Å²) in [4.78, 5) is 0. The van der Waals surface area contributed by atoms with Crippen LogP contribution in [0.25, 0.3) is 0 Å². The second-order valence-electron chi connectivity index (χ2n) is 4.02. The van der Waals surface area contributed by atoms with Gasteiger partial charge in [0.05, 0.1) is 11.1 Å². The summed E-state index contributed by atoms with van der Waals surface area (Å²) in [5, 5.41) is 0. The molecule has 1 rings (SSSR count). The Labute approximate surface area is 114 Å². The molecule has 0 bridgehead atoms. The van der Waals surface area contributed by atoms with Gasteiger partial charge in [-0.05, 0) is 36.6 Å². The molecule has 20 heavy (non-hydrogen) atoms. The molecule has 1 aromatic rings. The smallest absolute Gasteiger partial charge is 0.166 e. The average Bonchev–Trinajstić information content (AvgIpc) is 2.36. The third kappa shape index (κ3) is 5.84. The fourth-order valence-corrected chi connectivity index (χ4v) is 1.54. The molecule has 0 unspecified atom stereocenters. The van der Waals surface area contributed by atoms with E-state index in [9.17, 15) is 26.3 Å². The Morgan fingerprint density at radius 2 is 1.20 bits per heavy atom. The largest absolute Gasteiger partial charge is 0.416 e. The van der Waals surface area contributed by atoms with Gasteiger partial charge >= 0.3 is 12.4 Å². The first-order chi connectivity index (χ1) is 9.14. The lowest BCUT2D eigenvalue weighted by molar-refractivity contribution is -0.143. The van der Waals surface area contributed by atoms with Crippen molar-refractivity contribution in [3.63, 3.8) is 0 Å². The van der Waals surface area contributed by atoms with Crippen LogP contribution in [-0.2, 0) is 18.8 Å². The van der Waals surface area contributed by atoms with E-state index in [0.29, 0.717) is 12.8 Å². The molecule has 0 heterocycles. The van der Waals surface area contributed by atoms with Gasteiger partial charge in [-0.25, -0.2) is 0 Å². The quantitative estimate of drug-likeness (QED) is 0.592. The zero-order valence-electron chi connectivity index (χ0n) is 11.6. The van der Waals surface area contributed by atoms with Crippen molar-refractivity contribution >= 4 is 0 Å². The number of unbranched alkanes of at least 4 members (excludes halogenated alkanes) is 1. The maximum absolute atomic E-state index is 12.5. The van der Waals surface area contributed by atoms with E-state index in [-0.39, 0.29) is 18.1 Å².